The minimum atomic E-state index is 0.408. The maximum Gasteiger partial charge on any atom is 0.152 e. The molecule has 108 valence electrons. The van der Waals surface area contributed by atoms with Gasteiger partial charge in [-0.1, -0.05) is 25.1 Å². The number of para-hydroxylation sites is 1. The van der Waals surface area contributed by atoms with Crippen LogP contribution in [0.3, 0.4) is 0 Å². The summed E-state index contributed by atoms with van der Waals surface area (Å²) >= 11 is 0. The fraction of sp³-hybridized carbons (Fsp3) is 0.294. The molecule has 3 rings (SSSR count). The highest BCUT2D eigenvalue weighted by Gasteiger charge is 2.10. The Balaban J connectivity index is 1.95. The van der Waals surface area contributed by atoms with Crippen LogP contribution in [0, 0.1) is 0 Å². The average Bonchev–Trinajstić information content (AvgIpc) is 3.12. The van der Waals surface area contributed by atoms with Gasteiger partial charge in [0.25, 0.3) is 0 Å². The number of aldehydes is 1. The molecule has 1 aromatic carbocycles. The van der Waals surface area contributed by atoms with Crippen LogP contribution in [0.25, 0.3) is 10.9 Å². The van der Waals surface area contributed by atoms with Crippen molar-refractivity contribution < 1.29 is 4.79 Å². The highest BCUT2D eigenvalue weighted by molar-refractivity contribution is 5.97. The summed E-state index contributed by atoms with van der Waals surface area (Å²) in [5, 5.41) is 5.62. The normalized spacial score (nSPS) is 12.7. The van der Waals surface area contributed by atoms with Gasteiger partial charge in [-0.05, 0) is 25.5 Å². The number of benzene rings is 1. The summed E-state index contributed by atoms with van der Waals surface area (Å²) in [7, 11) is 0. The predicted octanol–water partition coefficient (Wildman–Crippen LogP) is 3.67. The molecule has 0 bridgehead atoms. The van der Waals surface area contributed by atoms with E-state index in [1.54, 1.807) is 0 Å². The maximum absolute atomic E-state index is 11.2. The number of hydrogen-bond donors (Lipinski definition) is 0. The molecule has 0 aliphatic rings. The summed E-state index contributed by atoms with van der Waals surface area (Å²) in [4.78, 5) is 11.2. The molecule has 0 spiro atoms. The van der Waals surface area contributed by atoms with Gasteiger partial charge in [-0.2, -0.15) is 5.10 Å². The summed E-state index contributed by atoms with van der Waals surface area (Å²) in [6, 6.07) is 10.4. The summed E-state index contributed by atoms with van der Waals surface area (Å²) in [6.07, 6.45) is 5.90. The second-order valence-corrected chi connectivity index (χ2v) is 5.39. The van der Waals surface area contributed by atoms with Gasteiger partial charge in [0.2, 0.25) is 0 Å². The largest absolute Gasteiger partial charge is 0.341 e. The highest BCUT2D eigenvalue weighted by atomic mass is 16.1. The highest BCUT2D eigenvalue weighted by Crippen LogP contribution is 2.21. The Kier molecular flexibility index (Phi) is 3.60. The first-order valence-corrected chi connectivity index (χ1v) is 7.30. The summed E-state index contributed by atoms with van der Waals surface area (Å²) in [5.41, 5.74) is 2.80. The maximum atomic E-state index is 11.2. The molecule has 0 aliphatic carbocycles. The van der Waals surface area contributed by atoms with Gasteiger partial charge in [0.05, 0.1) is 12.2 Å². The summed E-state index contributed by atoms with van der Waals surface area (Å²) < 4.78 is 4.09. The molecular formula is C17H19N3O. The van der Waals surface area contributed by atoms with Crippen molar-refractivity contribution in [1.82, 2.24) is 14.3 Å². The van der Waals surface area contributed by atoms with Gasteiger partial charge in [0, 0.05) is 34.9 Å². The Hall–Kier alpha value is -2.36. The molecule has 0 saturated heterocycles. The molecule has 1 atom stereocenters. The number of nitrogens with zero attached hydrogens (tertiary/aromatic N) is 3. The SMILES string of the molecule is CCC(C)n1ccc(Cn2cc(C=O)c3ccccc32)n1. The third kappa shape index (κ3) is 2.49. The van der Waals surface area contributed by atoms with Gasteiger partial charge in [-0.15, -0.1) is 0 Å². The lowest BCUT2D eigenvalue weighted by atomic mass is 10.2. The van der Waals surface area contributed by atoms with E-state index >= 15 is 0 Å². The van der Waals surface area contributed by atoms with E-state index in [-0.39, 0.29) is 0 Å². The Morgan fingerprint density at radius 2 is 2.10 bits per heavy atom. The molecule has 0 aliphatic heterocycles. The number of carbonyl (C=O) groups excluding carboxylic acids is 1. The van der Waals surface area contributed by atoms with Crippen LogP contribution >= 0.6 is 0 Å². The van der Waals surface area contributed by atoms with Crippen molar-refractivity contribution in [2.75, 3.05) is 0 Å². The molecule has 4 nitrogen and oxygen atoms in total. The number of rotatable bonds is 5. The van der Waals surface area contributed by atoms with E-state index in [4.69, 9.17) is 0 Å². The molecule has 2 aromatic heterocycles. The number of hydrogen-bond acceptors (Lipinski definition) is 2. The van der Waals surface area contributed by atoms with Crippen LogP contribution in [0.5, 0.6) is 0 Å². The van der Waals surface area contributed by atoms with Gasteiger partial charge >= 0.3 is 0 Å². The van der Waals surface area contributed by atoms with E-state index in [0.717, 1.165) is 34.9 Å². The van der Waals surface area contributed by atoms with Gasteiger partial charge in [0.1, 0.15) is 0 Å². The predicted molar refractivity (Wildman–Crippen MR) is 83.7 cm³/mol. The second-order valence-electron chi connectivity index (χ2n) is 5.39. The van der Waals surface area contributed by atoms with E-state index in [1.807, 2.05) is 47.4 Å². The Labute approximate surface area is 124 Å². The standard InChI is InChI=1S/C17H19N3O/c1-3-13(2)20-9-8-15(18-20)11-19-10-14(12-21)16-6-4-5-7-17(16)19/h4-10,12-13H,3,11H2,1-2H3. The lowest BCUT2D eigenvalue weighted by Gasteiger charge is -2.08. The molecule has 0 N–H and O–H groups in total. The number of carbonyl (C=O) groups is 1. The summed E-state index contributed by atoms with van der Waals surface area (Å²) in [5.74, 6) is 0. The van der Waals surface area contributed by atoms with Gasteiger partial charge in [-0.3, -0.25) is 9.48 Å². The first kappa shape index (κ1) is 13.6. The molecule has 2 heterocycles. The van der Waals surface area contributed by atoms with Crippen molar-refractivity contribution in [3.63, 3.8) is 0 Å². The zero-order chi connectivity index (χ0) is 14.8. The third-order valence-electron chi connectivity index (χ3n) is 3.98. The molecule has 0 amide bonds. The van der Waals surface area contributed by atoms with Crippen LogP contribution in [-0.4, -0.2) is 20.6 Å². The first-order chi connectivity index (χ1) is 10.2. The minimum Gasteiger partial charge on any atom is -0.341 e. The summed E-state index contributed by atoms with van der Waals surface area (Å²) in [6.45, 7) is 4.99. The van der Waals surface area contributed by atoms with Gasteiger partial charge in [-0.25, -0.2) is 0 Å². The average molecular weight is 281 g/mol. The monoisotopic (exact) mass is 281 g/mol. The number of fused-ring (bicyclic) bond motifs is 1. The van der Waals surface area contributed by atoms with Crippen molar-refractivity contribution in [3.05, 3.63) is 54.0 Å². The molecule has 21 heavy (non-hydrogen) atoms. The van der Waals surface area contributed by atoms with Crippen molar-refractivity contribution in [3.8, 4) is 0 Å². The van der Waals surface area contributed by atoms with Gasteiger partial charge in [0.15, 0.2) is 6.29 Å². The van der Waals surface area contributed by atoms with Crippen LogP contribution in [0.4, 0.5) is 0 Å². The third-order valence-corrected chi connectivity index (χ3v) is 3.98. The Morgan fingerprint density at radius 3 is 2.86 bits per heavy atom. The molecule has 0 saturated carbocycles. The van der Waals surface area contributed by atoms with Crippen LogP contribution < -0.4 is 0 Å². The van der Waals surface area contributed by atoms with Crippen LogP contribution in [0.1, 0.15) is 42.4 Å². The molecule has 1 unspecified atom stereocenters. The van der Waals surface area contributed by atoms with E-state index in [9.17, 15) is 4.79 Å². The molecule has 3 aromatic rings. The first-order valence-electron chi connectivity index (χ1n) is 7.30. The smallest absolute Gasteiger partial charge is 0.152 e. The van der Waals surface area contributed by atoms with Gasteiger partial charge < -0.3 is 4.57 Å². The lowest BCUT2D eigenvalue weighted by molar-refractivity contribution is 0.112. The zero-order valence-electron chi connectivity index (χ0n) is 12.4. The molecule has 0 radical (unpaired) electrons. The second kappa shape index (κ2) is 5.56. The minimum absolute atomic E-state index is 0.408. The van der Waals surface area contributed by atoms with Crippen molar-refractivity contribution in [2.24, 2.45) is 0 Å². The molecular weight excluding hydrogens is 262 g/mol. The number of aromatic nitrogens is 3. The quantitative estimate of drug-likeness (QED) is 0.669. The van der Waals surface area contributed by atoms with E-state index in [2.05, 4.69) is 23.5 Å². The molecule has 4 heteroatoms. The zero-order valence-corrected chi connectivity index (χ0v) is 12.4. The van der Waals surface area contributed by atoms with E-state index < -0.39 is 0 Å². The van der Waals surface area contributed by atoms with Crippen molar-refractivity contribution in [1.29, 1.82) is 0 Å². The molecule has 0 fully saturated rings. The van der Waals surface area contributed by atoms with Crippen molar-refractivity contribution >= 4 is 17.2 Å². The Morgan fingerprint density at radius 1 is 1.29 bits per heavy atom. The van der Waals surface area contributed by atoms with E-state index in [1.165, 1.54) is 0 Å². The fourth-order valence-electron chi connectivity index (χ4n) is 2.57. The fourth-order valence-corrected chi connectivity index (χ4v) is 2.57. The topological polar surface area (TPSA) is 39.8 Å². The van der Waals surface area contributed by atoms with Crippen molar-refractivity contribution in [2.45, 2.75) is 32.9 Å². The lowest BCUT2D eigenvalue weighted by Crippen LogP contribution is -2.06. The van der Waals surface area contributed by atoms with Crippen LogP contribution in [0.15, 0.2) is 42.7 Å². The van der Waals surface area contributed by atoms with Crippen LogP contribution in [-0.2, 0) is 6.54 Å². The van der Waals surface area contributed by atoms with Crippen LogP contribution in [0.2, 0.25) is 0 Å². The van der Waals surface area contributed by atoms with E-state index in [0.29, 0.717) is 12.6 Å². The Bertz CT molecular complexity index is 769.